The summed E-state index contributed by atoms with van der Waals surface area (Å²) in [6.07, 6.45) is 14.5. The van der Waals surface area contributed by atoms with Crippen LogP contribution in [0.15, 0.2) is 12.2 Å². The lowest BCUT2D eigenvalue weighted by atomic mass is 10.0. The summed E-state index contributed by atoms with van der Waals surface area (Å²) in [6, 6.07) is 0. The zero-order valence-electron chi connectivity index (χ0n) is 17.6. The second-order valence-corrected chi connectivity index (χ2v) is 8.11. The lowest BCUT2D eigenvalue weighted by Gasteiger charge is -2.05. The first-order valence-electron chi connectivity index (χ1n) is 10.7. The molecule has 0 spiro atoms. The molecule has 0 radical (unpaired) electrons. The van der Waals surface area contributed by atoms with Crippen LogP contribution in [0.25, 0.3) is 0 Å². The summed E-state index contributed by atoms with van der Waals surface area (Å²) < 4.78 is 0. The fraction of sp³-hybridized carbons (Fsp3) is 0.818. The Balaban J connectivity index is 3.51. The van der Waals surface area contributed by atoms with Crippen LogP contribution in [-0.4, -0.2) is 24.9 Å². The van der Waals surface area contributed by atoms with E-state index in [4.69, 9.17) is 0 Å². The summed E-state index contributed by atoms with van der Waals surface area (Å²) in [5, 5.41) is 5.66. The molecule has 152 valence electrons. The Labute approximate surface area is 161 Å². The van der Waals surface area contributed by atoms with Gasteiger partial charge < -0.3 is 10.6 Å². The average molecular weight is 367 g/mol. The van der Waals surface area contributed by atoms with Crippen molar-refractivity contribution in [3.63, 3.8) is 0 Å². The normalized spacial score (nSPS) is 11.5. The number of carbonyl (C=O) groups is 2. The van der Waals surface area contributed by atoms with E-state index in [1.54, 1.807) is 0 Å². The molecule has 2 amide bonds. The van der Waals surface area contributed by atoms with Gasteiger partial charge in [-0.3, -0.25) is 9.59 Å². The molecule has 0 fully saturated rings. The number of nitrogens with one attached hydrogen (secondary N) is 2. The topological polar surface area (TPSA) is 58.2 Å². The zero-order chi connectivity index (χ0) is 19.6. The van der Waals surface area contributed by atoms with Crippen LogP contribution in [0.3, 0.4) is 0 Å². The predicted molar refractivity (Wildman–Crippen MR) is 111 cm³/mol. The van der Waals surface area contributed by atoms with Gasteiger partial charge >= 0.3 is 0 Å². The third-order valence-corrected chi connectivity index (χ3v) is 4.40. The van der Waals surface area contributed by atoms with Gasteiger partial charge in [0.15, 0.2) is 0 Å². The molecular formula is C22H42N2O2. The highest BCUT2D eigenvalue weighted by atomic mass is 16.2. The Kier molecular flexibility index (Phi) is 16.2. The van der Waals surface area contributed by atoms with Crippen molar-refractivity contribution in [1.82, 2.24) is 10.6 Å². The molecule has 4 heteroatoms. The highest BCUT2D eigenvalue weighted by Crippen LogP contribution is 2.09. The molecule has 2 N–H and O–H groups in total. The maximum absolute atomic E-state index is 11.7. The molecule has 0 saturated heterocycles. The van der Waals surface area contributed by atoms with Crippen molar-refractivity contribution in [2.45, 2.75) is 91.9 Å². The van der Waals surface area contributed by atoms with Crippen LogP contribution < -0.4 is 10.6 Å². The summed E-state index contributed by atoms with van der Waals surface area (Å²) >= 11 is 0. The van der Waals surface area contributed by atoms with E-state index >= 15 is 0 Å². The van der Waals surface area contributed by atoms with Gasteiger partial charge in [-0.1, -0.05) is 79.1 Å². The molecule has 26 heavy (non-hydrogen) atoms. The highest BCUT2D eigenvalue weighted by Gasteiger charge is 2.00. The third kappa shape index (κ3) is 19.0. The van der Waals surface area contributed by atoms with E-state index in [2.05, 4.69) is 38.3 Å². The number of amides is 2. The van der Waals surface area contributed by atoms with Crippen molar-refractivity contribution in [2.24, 2.45) is 11.8 Å². The van der Waals surface area contributed by atoms with E-state index in [-0.39, 0.29) is 11.8 Å². The molecule has 0 aliphatic heterocycles. The van der Waals surface area contributed by atoms with Crippen LogP contribution in [0.4, 0.5) is 0 Å². The van der Waals surface area contributed by atoms with E-state index in [0.29, 0.717) is 13.1 Å². The maximum atomic E-state index is 11.7. The van der Waals surface area contributed by atoms with E-state index in [0.717, 1.165) is 37.5 Å². The van der Waals surface area contributed by atoms with Crippen LogP contribution in [-0.2, 0) is 9.59 Å². The molecule has 0 aromatic heterocycles. The van der Waals surface area contributed by atoms with E-state index in [9.17, 15) is 9.59 Å². The minimum atomic E-state index is -0.184. The molecule has 0 saturated carbocycles. The average Bonchev–Trinajstić information content (AvgIpc) is 2.57. The summed E-state index contributed by atoms with van der Waals surface area (Å²) in [7, 11) is 0. The zero-order valence-corrected chi connectivity index (χ0v) is 17.6. The first kappa shape index (κ1) is 24.7. The van der Waals surface area contributed by atoms with Crippen molar-refractivity contribution in [3.8, 4) is 0 Å². The van der Waals surface area contributed by atoms with E-state index in [1.807, 2.05) is 0 Å². The smallest absolute Gasteiger partial charge is 0.244 e. The van der Waals surface area contributed by atoms with Crippen molar-refractivity contribution < 1.29 is 9.59 Å². The number of hydrogen-bond donors (Lipinski definition) is 2. The number of unbranched alkanes of at least 4 members (excludes halogenated alkanes) is 6. The lowest BCUT2D eigenvalue weighted by molar-refractivity contribution is -0.118. The highest BCUT2D eigenvalue weighted by molar-refractivity contribution is 5.96. The SMILES string of the molecule is CC(C)CCCCCCNC(=O)/C=C\C(=O)NCCCCCCC(C)C. The monoisotopic (exact) mass is 366 g/mol. The van der Waals surface area contributed by atoms with Gasteiger partial charge in [-0.05, 0) is 24.7 Å². The molecule has 0 aromatic carbocycles. The van der Waals surface area contributed by atoms with Crippen LogP contribution in [0.1, 0.15) is 91.9 Å². The first-order chi connectivity index (χ1) is 12.4. The quantitative estimate of drug-likeness (QED) is 0.299. The van der Waals surface area contributed by atoms with E-state index < -0.39 is 0 Å². The minimum Gasteiger partial charge on any atom is -0.353 e. The number of carbonyl (C=O) groups excluding carboxylic acids is 2. The standard InChI is InChI=1S/C22H42N2O2/c1-19(2)13-9-5-7-11-17-23-21(25)15-16-22(26)24-18-12-8-6-10-14-20(3)4/h15-16,19-20H,5-14,17-18H2,1-4H3,(H,23,25)(H,24,26)/b16-15-. The van der Waals surface area contributed by atoms with Crippen LogP contribution in [0.5, 0.6) is 0 Å². The Bertz CT molecular complexity index is 354. The third-order valence-electron chi connectivity index (χ3n) is 4.40. The predicted octanol–water partition coefficient (Wildman–Crippen LogP) is 4.99. The van der Waals surface area contributed by atoms with Gasteiger partial charge in [-0.15, -0.1) is 0 Å². The second kappa shape index (κ2) is 17.1. The van der Waals surface area contributed by atoms with Gasteiger partial charge in [0.25, 0.3) is 0 Å². The number of hydrogen-bond acceptors (Lipinski definition) is 2. The van der Waals surface area contributed by atoms with Gasteiger partial charge in [-0.25, -0.2) is 0 Å². The van der Waals surface area contributed by atoms with Crippen LogP contribution in [0.2, 0.25) is 0 Å². The van der Waals surface area contributed by atoms with Crippen molar-refractivity contribution >= 4 is 11.8 Å². The fourth-order valence-electron chi connectivity index (χ4n) is 2.75. The minimum absolute atomic E-state index is 0.184. The lowest BCUT2D eigenvalue weighted by Crippen LogP contribution is -2.25. The molecular weight excluding hydrogens is 324 g/mol. The van der Waals surface area contributed by atoms with Gasteiger partial charge in [-0.2, -0.15) is 0 Å². The van der Waals surface area contributed by atoms with Gasteiger partial charge in [0.05, 0.1) is 0 Å². The maximum Gasteiger partial charge on any atom is 0.244 e. The molecule has 0 aliphatic carbocycles. The molecule has 0 unspecified atom stereocenters. The summed E-state index contributed by atoms with van der Waals surface area (Å²) in [5.74, 6) is 1.18. The van der Waals surface area contributed by atoms with Crippen molar-refractivity contribution in [3.05, 3.63) is 12.2 Å². The van der Waals surface area contributed by atoms with E-state index in [1.165, 1.54) is 50.7 Å². The summed E-state index contributed by atoms with van der Waals surface area (Å²) in [6.45, 7) is 10.4. The molecule has 0 bridgehead atoms. The molecule has 0 rings (SSSR count). The van der Waals surface area contributed by atoms with Gasteiger partial charge in [0.2, 0.25) is 11.8 Å². The first-order valence-corrected chi connectivity index (χ1v) is 10.7. The Morgan fingerprint density at radius 2 is 0.962 bits per heavy atom. The number of rotatable bonds is 16. The largest absolute Gasteiger partial charge is 0.353 e. The second-order valence-electron chi connectivity index (χ2n) is 8.11. The Morgan fingerprint density at radius 1 is 0.615 bits per heavy atom. The molecule has 0 atom stereocenters. The Morgan fingerprint density at radius 3 is 1.31 bits per heavy atom. The Hall–Kier alpha value is -1.32. The van der Waals surface area contributed by atoms with Crippen molar-refractivity contribution in [1.29, 1.82) is 0 Å². The summed E-state index contributed by atoms with van der Waals surface area (Å²) in [5.41, 5.74) is 0. The van der Waals surface area contributed by atoms with Crippen LogP contribution >= 0.6 is 0 Å². The van der Waals surface area contributed by atoms with Gasteiger partial charge in [0, 0.05) is 25.2 Å². The van der Waals surface area contributed by atoms with Gasteiger partial charge in [0.1, 0.15) is 0 Å². The van der Waals surface area contributed by atoms with Crippen LogP contribution in [0, 0.1) is 11.8 Å². The molecule has 0 heterocycles. The van der Waals surface area contributed by atoms with Crippen molar-refractivity contribution in [2.75, 3.05) is 13.1 Å². The molecule has 4 nitrogen and oxygen atoms in total. The fourth-order valence-corrected chi connectivity index (χ4v) is 2.75. The molecule has 0 aromatic rings. The summed E-state index contributed by atoms with van der Waals surface area (Å²) in [4.78, 5) is 23.3. The molecule has 0 aliphatic rings.